The molecule has 0 aliphatic carbocycles. The first-order valence-corrected chi connectivity index (χ1v) is 54.0. The van der Waals surface area contributed by atoms with E-state index in [0.717, 1.165) is 99.4 Å². The lowest BCUT2D eigenvalue weighted by Gasteiger charge is -2.51. The van der Waals surface area contributed by atoms with Crippen LogP contribution in [0.25, 0.3) is 0 Å². The molecule has 7 unspecified atom stereocenters. The van der Waals surface area contributed by atoms with Crippen molar-refractivity contribution < 1.29 is 85.6 Å². The Morgan fingerprint density at radius 1 is 0.225 bits per heavy atom. The molecule has 3 saturated heterocycles. The molecule has 9 aromatic rings. The second-order valence-electron chi connectivity index (χ2n) is 41.9. The Balaban J connectivity index is 0.928. The number of aliphatic hydroxyl groups excluding tert-OH is 1. The van der Waals surface area contributed by atoms with E-state index in [1.807, 2.05) is 261 Å². The molecule has 9 aromatic carbocycles. The fourth-order valence-corrected chi connectivity index (χ4v) is 19.5. The number of hydrogen-bond acceptors (Lipinski definition) is 18. The van der Waals surface area contributed by atoms with Crippen LogP contribution in [0.2, 0.25) is 0 Å². The van der Waals surface area contributed by atoms with Crippen LogP contribution in [0, 0.1) is 47.3 Å². The molecular weight excluding hydrogens is 1780 g/mol. The molecule has 142 heavy (non-hydrogen) atoms. The molecule has 12 rings (SSSR count). The smallest absolute Gasteiger partial charge is 0.187 e. The van der Waals surface area contributed by atoms with Crippen LogP contribution in [-0.2, 0) is 140 Å². The number of aliphatic hydroxyl groups is 1. The summed E-state index contributed by atoms with van der Waals surface area (Å²) in [6.45, 7) is 26.7. The second kappa shape index (κ2) is 65.1. The lowest BCUT2D eigenvalue weighted by atomic mass is 9.91. The fourth-order valence-electron chi connectivity index (χ4n) is 19.5. The predicted octanol–water partition coefficient (Wildman–Crippen LogP) is 26.8. The van der Waals surface area contributed by atoms with Gasteiger partial charge < -0.3 is 85.6 Å². The summed E-state index contributed by atoms with van der Waals surface area (Å²) in [6.07, 6.45) is 6.55. The van der Waals surface area contributed by atoms with Crippen molar-refractivity contribution in [2.24, 2.45) is 47.3 Å². The van der Waals surface area contributed by atoms with Crippen molar-refractivity contribution in [2.45, 2.75) is 355 Å². The molecule has 0 spiro atoms. The standard InChI is InChI=1S/C124H172O18/c1-92(2)44-38-46-94(5)48-40-50-96(7)52-42-54-98(9)74-76-126-87-109(130-77-75-99(10)55-43-53-97(8)51-41-49-95(6)47-39-45-93(3)4)88-137-123-120(118(135-85-107-70-34-18-35-71-107)115(132-82-104-64-28-15-29-65-104)111(139-123)90-128-79-101-58-22-12-23-59-101)142-124-121(119(136-86-108-72-36-19-37-73-108)116(133-83-105-66-30-16-31-67-105)112(140-124)91-129-80-102-60-24-13-25-61-102)141-122-113(125)117(134-84-106-68-32-17-33-69-106)114(131-81-103-62-26-14-27-63-103)110(138-122)89-127-78-100-56-20-11-21-57-100/h11-37,56-73,92-99,109-125H,38-55,74-91H2,1-10H3/t94?,95?,96?,97?,98?,99?,109?,110-,111-,112-,113+,114-,115-,116-,117-,118+,119+,120+,121+,122-,123+,124-/m1/s1. The molecule has 0 aromatic heterocycles. The van der Waals surface area contributed by atoms with E-state index < -0.39 is 98.2 Å². The van der Waals surface area contributed by atoms with Gasteiger partial charge in [-0.05, 0) is 110 Å². The molecule has 0 saturated carbocycles. The van der Waals surface area contributed by atoms with Crippen LogP contribution < -0.4 is 0 Å². The third-order valence-electron chi connectivity index (χ3n) is 28.3. The monoisotopic (exact) mass is 1950 g/mol. The molecule has 776 valence electrons. The van der Waals surface area contributed by atoms with Gasteiger partial charge in [0.25, 0.3) is 0 Å². The van der Waals surface area contributed by atoms with E-state index in [9.17, 15) is 5.11 Å². The SMILES string of the molecule is CC(C)CCCC(C)CCCC(C)CCCC(C)CCOCC(CO[C@H]1O[C@H](COCc2ccccc2)[C@@H](OCc2ccccc2)[C@H](OCc2ccccc2)[C@@H]1O[C@H]1O[C@H](COCc2ccccc2)[C@@H](OCc2ccccc2)[C@H](OCc2ccccc2)[C@@H]1O[C@H]1O[C@H](COCc2ccccc2)[C@@H](OCc2ccccc2)[C@H](OCc2ccccc2)[C@@H]1O)OCCC(C)CCCC(C)CCCC(C)CCCC(C)C. The van der Waals surface area contributed by atoms with Gasteiger partial charge in [0.2, 0.25) is 0 Å². The van der Waals surface area contributed by atoms with Gasteiger partial charge in [-0.3, -0.25) is 0 Å². The van der Waals surface area contributed by atoms with Crippen LogP contribution in [0.15, 0.2) is 273 Å². The van der Waals surface area contributed by atoms with Gasteiger partial charge in [-0.25, -0.2) is 0 Å². The highest BCUT2D eigenvalue weighted by Gasteiger charge is 2.58. The lowest BCUT2D eigenvalue weighted by molar-refractivity contribution is -0.405. The van der Waals surface area contributed by atoms with Crippen molar-refractivity contribution >= 4 is 0 Å². The predicted molar refractivity (Wildman–Crippen MR) is 564 cm³/mol. The normalized spacial score (nSPS) is 23.1. The maximum atomic E-state index is 13.8. The third-order valence-corrected chi connectivity index (χ3v) is 28.3. The Kier molecular flexibility index (Phi) is 51.8. The van der Waals surface area contributed by atoms with Gasteiger partial charge in [0.05, 0.1) is 92.5 Å². The molecule has 3 fully saturated rings. The summed E-state index contributed by atoms with van der Waals surface area (Å²) in [5.74, 6) is 5.35. The van der Waals surface area contributed by atoms with Crippen molar-refractivity contribution in [3.05, 3.63) is 323 Å². The summed E-state index contributed by atoms with van der Waals surface area (Å²) in [5, 5.41) is 13.8. The van der Waals surface area contributed by atoms with Crippen LogP contribution >= 0.6 is 0 Å². The molecule has 18 heteroatoms. The first-order chi connectivity index (χ1) is 69.5. The molecule has 1 N–H and O–H groups in total. The summed E-state index contributed by atoms with van der Waals surface area (Å²) in [4.78, 5) is 0. The van der Waals surface area contributed by atoms with Gasteiger partial charge in [-0.2, -0.15) is 0 Å². The van der Waals surface area contributed by atoms with Gasteiger partial charge >= 0.3 is 0 Å². The van der Waals surface area contributed by atoms with E-state index in [4.69, 9.17) is 80.5 Å². The maximum Gasteiger partial charge on any atom is 0.187 e. The van der Waals surface area contributed by atoms with Crippen molar-refractivity contribution in [1.82, 2.24) is 0 Å². The van der Waals surface area contributed by atoms with Crippen LogP contribution in [0.4, 0.5) is 0 Å². The van der Waals surface area contributed by atoms with E-state index in [2.05, 4.69) is 81.4 Å². The van der Waals surface area contributed by atoms with Crippen LogP contribution in [-0.4, -0.2) is 150 Å². The van der Waals surface area contributed by atoms with E-state index in [0.29, 0.717) is 36.9 Å². The lowest BCUT2D eigenvalue weighted by Crippen LogP contribution is -2.68. The van der Waals surface area contributed by atoms with Crippen molar-refractivity contribution in [2.75, 3.05) is 46.2 Å². The Bertz CT molecular complexity index is 4630. The van der Waals surface area contributed by atoms with Gasteiger partial charge in [-0.15, -0.1) is 0 Å². The fraction of sp³-hybridized carbons (Fsp3) is 0.565. The van der Waals surface area contributed by atoms with E-state index in [1.54, 1.807) is 0 Å². The first kappa shape index (κ1) is 113. The van der Waals surface area contributed by atoms with Crippen molar-refractivity contribution in [3.63, 3.8) is 0 Å². The maximum absolute atomic E-state index is 13.8. The first-order valence-electron chi connectivity index (χ1n) is 54.0. The summed E-state index contributed by atoms with van der Waals surface area (Å²) in [7, 11) is 0. The minimum Gasteiger partial charge on any atom is -0.385 e. The molecule has 22 atom stereocenters. The molecular formula is C124H172O18. The average molecular weight is 1950 g/mol. The minimum absolute atomic E-state index is 0.00576. The van der Waals surface area contributed by atoms with Crippen LogP contribution in [0.3, 0.4) is 0 Å². The van der Waals surface area contributed by atoms with Crippen LogP contribution in [0.1, 0.15) is 248 Å². The quantitative estimate of drug-likeness (QED) is 0.0356. The Hall–Kier alpha value is -7.74. The summed E-state index contributed by atoms with van der Waals surface area (Å²) < 4.78 is 125. The number of ether oxygens (including phenoxy) is 17. The average Bonchev–Trinajstić information content (AvgIpc) is 0.758. The summed E-state index contributed by atoms with van der Waals surface area (Å²) in [5.41, 5.74) is 8.30. The summed E-state index contributed by atoms with van der Waals surface area (Å²) >= 11 is 0. The zero-order valence-corrected chi connectivity index (χ0v) is 87.2. The topological polar surface area (TPSA) is 177 Å². The van der Waals surface area contributed by atoms with Crippen molar-refractivity contribution in [1.29, 1.82) is 0 Å². The van der Waals surface area contributed by atoms with Crippen LogP contribution in [0.5, 0.6) is 0 Å². The highest BCUT2D eigenvalue weighted by molar-refractivity contribution is 5.21. The number of hydrogen-bond donors (Lipinski definition) is 1. The van der Waals surface area contributed by atoms with E-state index in [-0.39, 0.29) is 92.5 Å². The van der Waals surface area contributed by atoms with Gasteiger partial charge in [0.15, 0.2) is 18.9 Å². The number of benzene rings is 9. The van der Waals surface area contributed by atoms with Gasteiger partial charge in [0.1, 0.15) is 79.4 Å². The summed E-state index contributed by atoms with van der Waals surface area (Å²) in [6, 6.07) is 90.4. The Morgan fingerprint density at radius 2 is 0.465 bits per heavy atom. The van der Waals surface area contributed by atoms with Crippen molar-refractivity contribution in [3.8, 4) is 0 Å². The van der Waals surface area contributed by atoms with E-state index >= 15 is 0 Å². The molecule has 3 aliphatic rings. The van der Waals surface area contributed by atoms with Gasteiger partial charge in [0, 0.05) is 13.2 Å². The molecule has 0 bridgehead atoms. The second-order valence-corrected chi connectivity index (χ2v) is 41.9. The highest BCUT2D eigenvalue weighted by atomic mass is 16.8. The molecule has 18 nitrogen and oxygen atoms in total. The minimum atomic E-state index is -1.57. The van der Waals surface area contributed by atoms with Gasteiger partial charge in [-0.1, -0.05) is 458 Å². The molecule has 3 heterocycles. The molecule has 0 radical (unpaired) electrons. The highest BCUT2D eigenvalue weighted by Crippen LogP contribution is 2.41. The Morgan fingerprint density at radius 3 is 0.775 bits per heavy atom. The largest absolute Gasteiger partial charge is 0.385 e. The number of rotatable bonds is 70. The Labute approximate surface area is 852 Å². The third kappa shape index (κ3) is 41.5. The molecule has 0 amide bonds. The van der Waals surface area contributed by atoms with E-state index in [1.165, 1.54) is 103 Å². The zero-order valence-electron chi connectivity index (χ0n) is 87.2. The zero-order chi connectivity index (χ0) is 99.3. The molecule has 3 aliphatic heterocycles.